The van der Waals surface area contributed by atoms with Crippen molar-refractivity contribution in [2.75, 3.05) is 0 Å². The van der Waals surface area contributed by atoms with Crippen molar-refractivity contribution in [1.29, 1.82) is 0 Å². The molecule has 0 saturated heterocycles. The largest absolute Gasteiger partial charge is 3.00 e. The quantitative estimate of drug-likeness (QED) is 0.216. The van der Waals surface area contributed by atoms with Gasteiger partial charge in [0.25, 0.3) is 0 Å². The van der Waals surface area contributed by atoms with Crippen molar-refractivity contribution < 1.29 is 51.3 Å². The molecule has 0 bridgehead atoms. The first-order valence-electron chi connectivity index (χ1n) is 10.3. The molecule has 0 aliphatic carbocycles. The Balaban J connectivity index is 0.00000162. The van der Waals surface area contributed by atoms with Gasteiger partial charge in [-0.05, 0) is 29.2 Å². The van der Waals surface area contributed by atoms with Gasteiger partial charge in [-0.15, -0.1) is 11.6 Å². The second-order valence-electron chi connectivity index (χ2n) is 7.21. The van der Waals surface area contributed by atoms with Crippen molar-refractivity contribution in [3.8, 4) is 11.5 Å². The molecule has 1 nitrogen and oxygen atoms in total. The van der Waals surface area contributed by atoms with E-state index in [9.17, 15) is 0 Å². The third kappa shape index (κ3) is 9.16. The molecule has 33 heavy (non-hydrogen) atoms. The molecule has 168 valence electrons. The molecule has 0 amide bonds. The average Bonchev–Trinajstić information content (AvgIpc) is 2.79. The summed E-state index contributed by atoms with van der Waals surface area (Å²) in [5.41, 5.74) is 4.76. The zero-order chi connectivity index (χ0) is 21.2. The molecule has 0 atom stereocenters. The average molecular weight is 527 g/mol. The van der Waals surface area contributed by atoms with Crippen LogP contribution in [0.4, 0.5) is 0 Å². The van der Waals surface area contributed by atoms with Crippen molar-refractivity contribution in [1.82, 2.24) is 0 Å². The molecule has 0 heterocycles. The van der Waals surface area contributed by atoms with Gasteiger partial charge in [-0.25, -0.2) is 0 Å². The van der Waals surface area contributed by atoms with Gasteiger partial charge < -0.3 is 29.6 Å². The second kappa shape index (κ2) is 16.7. The monoisotopic (exact) mass is 526 g/mol. The van der Waals surface area contributed by atoms with E-state index in [0.29, 0.717) is 0 Å². The zero-order valence-corrected chi connectivity index (χ0v) is 23.4. The van der Waals surface area contributed by atoms with Gasteiger partial charge in [0, 0.05) is 15.3 Å². The SMILES string of the molecule is C[SiH]C.Cc1c[c-]c(Oc2ccccc2)c(C(c2ccccc2)c2ccccc2)c1.[Cl-].[Cl-].[Ti+3]. The van der Waals surface area contributed by atoms with Gasteiger partial charge in [0.1, 0.15) is 5.75 Å². The second-order valence-corrected chi connectivity index (χ2v) is 8.36. The molecule has 0 fully saturated rings. The topological polar surface area (TPSA) is 9.23 Å². The maximum absolute atomic E-state index is 6.23. The van der Waals surface area contributed by atoms with E-state index in [1.165, 1.54) is 16.7 Å². The Morgan fingerprint density at radius 1 is 0.727 bits per heavy atom. The van der Waals surface area contributed by atoms with Crippen molar-refractivity contribution in [2.45, 2.75) is 25.9 Å². The first-order chi connectivity index (χ1) is 14.7. The molecule has 2 radical (unpaired) electrons. The van der Waals surface area contributed by atoms with Gasteiger partial charge in [-0.2, -0.15) is 17.7 Å². The summed E-state index contributed by atoms with van der Waals surface area (Å²) in [6, 6.07) is 38.6. The number of benzene rings is 4. The van der Waals surface area contributed by atoms with Crippen LogP contribution < -0.4 is 29.6 Å². The van der Waals surface area contributed by atoms with Crippen LogP contribution in [0.2, 0.25) is 13.1 Å². The van der Waals surface area contributed by atoms with Crippen LogP contribution in [0, 0.1) is 13.0 Å². The fraction of sp³-hybridized carbons (Fsp3) is 0.143. The molecule has 5 heteroatoms. The summed E-state index contributed by atoms with van der Waals surface area (Å²) in [7, 11) is 0.750. The Morgan fingerprint density at radius 3 is 1.61 bits per heavy atom. The minimum atomic E-state index is 0. The van der Waals surface area contributed by atoms with E-state index in [1.54, 1.807) is 0 Å². The van der Waals surface area contributed by atoms with E-state index in [0.717, 1.165) is 26.6 Å². The van der Waals surface area contributed by atoms with Crippen molar-refractivity contribution >= 4 is 9.52 Å². The molecule has 0 N–H and O–H groups in total. The molecule has 4 aromatic rings. The normalized spacial score (nSPS) is 9.33. The standard InChI is InChI=1S/C26H21O.C2H7Si.2ClH.Ti/c1-20-17-18-25(27-23-15-9-4-10-16-23)24(19-20)26(21-11-5-2-6-12-21)22-13-7-3-8-14-22;1-3-2;;;/h2-17,19,26H,1H3;3H,1-2H3;2*1H;/q-1;;;;+3/p-2. The van der Waals surface area contributed by atoms with Crippen LogP contribution in [0.15, 0.2) is 103 Å². The third-order valence-electron chi connectivity index (χ3n) is 4.62. The van der Waals surface area contributed by atoms with E-state index in [1.807, 2.05) is 36.4 Å². The Kier molecular flexibility index (Phi) is 15.8. The number of hydrogen-bond donors (Lipinski definition) is 0. The van der Waals surface area contributed by atoms with Crippen molar-refractivity contribution in [3.63, 3.8) is 0 Å². The minimum absolute atomic E-state index is 0. The number of halogens is 2. The molecule has 4 rings (SSSR count). The van der Waals surface area contributed by atoms with Crippen LogP contribution in [0.5, 0.6) is 11.5 Å². The van der Waals surface area contributed by atoms with Crippen LogP contribution in [-0.2, 0) is 21.7 Å². The molecule has 0 spiro atoms. The van der Waals surface area contributed by atoms with Gasteiger partial charge in [-0.1, -0.05) is 98.9 Å². The van der Waals surface area contributed by atoms with Gasteiger partial charge in [-0.3, -0.25) is 0 Å². The number of rotatable bonds is 5. The fourth-order valence-corrected chi connectivity index (χ4v) is 3.37. The van der Waals surface area contributed by atoms with Crippen LogP contribution in [-0.4, -0.2) is 9.52 Å². The number of aryl methyl sites for hydroxylation is 1. The smallest absolute Gasteiger partial charge is 1.00 e. The predicted octanol–water partition coefficient (Wildman–Crippen LogP) is 1.29. The maximum atomic E-state index is 6.23. The molecule has 4 aromatic carbocycles. The first kappa shape index (κ1) is 31.2. The maximum Gasteiger partial charge on any atom is 3.00 e. The minimum Gasteiger partial charge on any atom is -1.00 e. The fourth-order valence-electron chi connectivity index (χ4n) is 3.37. The van der Waals surface area contributed by atoms with Crippen LogP contribution in [0.3, 0.4) is 0 Å². The predicted molar refractivity (Wildman–Crippen MR) is 129 cm³/mol. The Bertz CT molecular complexity index is 992. The summed E-state index contributed by atoms with van der Waals surface area (Å²) in [4.78, 5) is 0. The summed E-state index contributed by atoms with van der Waals surface area (Å²) in [6.45, 7) is 6.51. The molecule has 0 aromatic heterocycles. The summed E-state index contributed by atoms with van der Waals surface area (Å²) in [5, 5.41) is 0. The van der Waals surface area contributed by atoms with E-state index in [4.69, 9.17) is 4.74 Å². The van der Waals surface area contributed by atoms with Crippen molar-refractivity contribution in [2.24, 2.45) is 0 Å². The Labute approximate surface area is 228 Å². The van der Waals surface area contributed by atoms with E-state index >= 15 is 0 Å². The van der Waals surface area contributed by atoms with E-state index in [-0.39, 0.29) is 52.4 Å². The molecule has 0 aliphatic rings. The van der Waals surface area contributed by atoms with Gasteiger partial charge >= 0.3 is 21.7 Å². The Morgan fingerprint density at radius 2 is 1.15 bits per heavy atom. The molecule has 0 unspecified atom stereocenters. The number of ether oxygens (including phenoxy) is 1. The number of hydrogen-bond acceptors (Lipinski definition) is 1. The van der Waals surface area contributed by atoms with Gasteiger partial charge in [0.2, 0.25) is 0 Å². The summed E-state index contributed by atoms with van der Waals surface area (Å²) in [5.74, 6) is 1.67. The summed E-state index contributed by atoms with van der Waals surface area (Å²) in [6.07, 6.45) is 0. The molecule has 0 saturated carbocycles. The molecular formula is C28H28Cl2OSiTi. The molecule has 0 aliphatic heterocycles. The van der Waals surface area contributed by atoms with E-state index in [2.05, 4.69) is 92.8 Å². The van der Waals surface area contributed by atoms with Gasteiger partial charge in [0.15, 0.2) is 0 Å². The Hall–Kier alpha value is -1.81. The zero-order valence-electron chi connectivity index (χ0n) is 19.1. The van der Waals surface area contributed by atoms with Crippen LogP contribution in [0.1, 0.15) is 28.2 Å². The van der Waals surface area contributed by atoms with Crippen LogP contribution >= 0.6 is 0 Å². The van der Waals surface area contributed by atoms with Gasteiger partial charge in [0.05, 0.1) is 0 Å². The van der Waals surface area contributed by atoms with E-state index < -0.39 is 0 Å². The summed E-state index contributed by atoms with van der Waals surface area (Å²) < 4.78 is 6.23. The first-order valence-corrected chi connectivity index (χ1v) is 12.6. The summed E-state index contributed by atoms with van der Waals surface area (Å²) >= 11 is 0. The molecular weight excluding hydrogens is 499 g/mol. The third-order valence-corrected chi connectivity index (χ3v) is 4.62. The van der Waals surface area contributed by atoms with Crippen LogP contribution in [0.25, 0.3) is 0 Å². The number of para-hydroxylation sites is 1. The van der Waals surface area contributed by atoms with Crippen molar-refractivity contribution in [3.05, 3.63) is 131 Å².